The van der Waals surface area contributed by atoms with Crippen molar-refractivity contribution in [1.82, 2.24) is 4.98 Å². The zero-order valence-electron chi connectivity index (χ0n) is 17.9. The van der Waals surface area contributed by atoms with Crippen LogP contribution >= 0.6 is 23.2 Å². The molecule has 3 nitrogen and oxygen atoms in total. The number of aryl methyl sites for hydroxylation is 1. The molecule has 0 saturated heterocycles. The standard InChI is InChI=1S/C28H20Cl2N2O/c1-19-31-27(23-17-16-20(29)18-25(23)30)28(33-19)24-14-8-9-15-26(24)32(21-10-4-2-5-11-21)22-12-6-3-7-13-22/h2-18H,1H3. The Morgan fingerprint density at radius 2 is 1.30 bits per heavy atom. The van der Waals surface area contributed by atoms with Crippen molar-refractivity contribution >= 4 is 40.3 Å². The van der Waals surface area contributed by atoms with Crippen LogP contribution in [-0.4, -0.2) is 4.98 Å². The van der Waals surface area contributed by atoms with E-state index in [1.165, 1.54) is 0 Å². The van der Waals surface area contributed by atoms with E-state index in [-0.39, 0.29) is 0 Å². The van der Waals surface area contributed by atoms with Crippen molar-refractivity contribution in [2.24, 2.45) is 0 Å². The first kappa shape index (κ1) is 21.3. The minimum absolute atomic E-state index is 0.525. The Hall–Kier alpha value is -3.53. The van der Waals surface area contributed by atoms with Crippen LogP contribution in [-0.2, 0) is 0 Å². The second kappa shape index (κ2) is 9.14. The fraction of sp³-hybridized carbons (Fsp3) is 0.0357. The average molecular weight is 471 g/mol. The fourth-order valence-corrected chi connectivity index (χ4v) is 4.41. The predicted molar refractivity (Wildman–Crippen MR) is 137 cm³/mol. The van der Waals surface area contributed by atoms with E-state index in [1.807, 2.05) is 73.7 Å². The monoisotopic (exact) mass is 470 g/mol. The topological polar surface area (TPSA) is 29.3 Å². The summed E-state index contributed by atoms with van der Waals surface area (Å²) in [7, 11) is 0. The van der Waals surface area contributed by atoms with Crippen LogP contribution in [0.3, 0.4) is 0 Å². The van der Waals surface area contributed by atoms with Crippen molar-refractivity contribution in [3.05, 3.63) is 119 Å². The van der Waals surface area contributed by atoms with E-state index in [0.29, 0.717) is 27.4 Å². The lowest BCUT2D eigenvalue weighted by Gasteiger charge is -2.27. The van der Waals surface area contributed by atoms with Gasteiger partial charge in [0.15, 0.2) is 11.7 Å². The third-order valence-corrected chi connectivity index (χ3v) is 5.89. The second-order valence-corrected chi connectivity index (χ2v) is 8.40. The summed E-state index contributed by atoms with van der Waals surface area (Å²) >= 11 is 12.7. The number of rotatable bonds is 5. The van der Waals surface area contributed by atoms with E-state index >= 15 is 0 Å². The van der Waals surface area contributed by atoms with Gasteiger partial charge < -0.3 is 9.32 Å². The Morgan fingerprint density at radius 1 is 0.697 bits per heavy atom. The minimum atomic E-state index is 0.525. The Balaban J connectivity index is 1.74. The zero-order chi connectivity index (χ0) is 22.8. The molecule has 4 aromatic carbocycles. The molecule has 162 valence electrons. The molecule has 5 rings (SSSR count). The summed E-state index contributed by atoms with van der Waals surface area (Å²) in [6, 6.07) is 34.1. The molecule has 0 aliphatic rings. The Bertz CT molecular complexity index is 1360. The van der Waals surface area contributed by atoms with E-state index in [9.17, 15) is 0 Å². The minimum Gasteiger partial charge on any atom is -0.440 e. The van der Waals surface area contributed by atoms with Gasteiger partial charge in [-0.2, -0.15) is 0 Å². The molecule has 0 N–H and O–H groups in total. The predicted octanol–water partition coefficient (Wildman–Crippen LogP) is 9.09. The first-order chi connectivity index (χ1) is 16.1. The van der Waals surface area contributed by atoms with Crippen LogP contribution in [0.5, 0.6) is 0 Å². The maximum Gasteiger partial charge on any atom is 0.192 e. The van der Waals surface area contributed by atoms with Gasteiger partial charge in [0.25, 0.3) is 0 Å². The van der Waals surface area contributed by atoms with Crippen LogP contribution in [0.25, 0.3) is 22.6 Å². The highest BCUT2D eigenvalue weighted by atomic mass is 35.5. The Kier molecular flexibility index (Phi) is 5.91. The highest BCUT2D eigenvalue weighted by Crippen LogP contribution is 2.44. The number of nitrogens with zero attached hydrogens (tertiary/aromatic N) is 2. The summed E-state index contributed by atoms with van der Waals surface area (Å²) in [5.74, 6) is 1.22. The number of benzene rings is 4. The van der Waals surface area contributed by atoms with Gasteiger partial charge >= 0.3 is 0 Å². The lowest BCUT2D eigenvalue weighted by atomic mass is 10.0. The van der Waals surface area contributed by atoms with Gasteiger partial charge in [0, 0.05) is 34.4 Å². The van der Waals surface area contributed by atoms with Crippen molar-refractivity contribution in [1.29, 1.82) is 0 Å². The zero-order valence-corrected chi connectivity index (χ0v) is 19.4. The van der Waals surface area contributed by atoms with Gasteiger partial charge in [-0.15, -0.1) is 0 Å². The Morgan fingerprint density at radius 3 is 1.94 bits per heavy atom. The molecule has 0 aliphatic carbocycles. The highest BCUT2D eigenvalue weighted by molar-refractivity contribution is 6.36. The molecule has 0 bridgehead atoms. The highest BCUT2D eigenvalue weighted by Gasteiger charge is 2.23. The molecule has 1 aromatic heterocycles. The van der Waals surface area contributed by atoms with Crippen molar-refractivity contribution < 1.29 is 4.42 Å². The van der Waals surface area contributed by atoms with Gasteiger partial charge in [0.05, 0.1) is 10.7 Å². The lowest BCUT2D eigenvalue weighted by molar-refractivity contribution is 0.534. The van der Waals surface area contributed by atoms with E-state index < -0.39 is 0 Å². The first-order valence-corrected chi connectivity index (χ1v) is 11.3. The number of hydrogen-bond donors (Lipinski definition) is 0. The maximum atomic E-state index is 6.55. The molecule has 0 radical (unpaired) electrons. The molecular formula is C28H20Cl2N2O. The fourth-order valence-electron chi connectivity index (χ4n) is 3.92. The molecule has 0 spiro atoms. The van der Waals surface area contributed by atoms with Crippen molar-refractivity contribution in [3.8, 4) is 22.6 Å². The lowest BCUT2D eigenvalue weighted by Crippen LogP contribution is -2.10. The SMILES string of the molecule is Cc1nc(-c2ccc(Cl)cc2Cl)c(-c2ccccc2N(c2ccccc2)c2ccccc2)o1. The molecule has 5 heteroatoms. The Labute approximate surface area is 202 Å². The molecule has 0 saturated carbocycles. The third kappa shape index (κ3) is 4.25. The average Bonchev–Trinajstić information content (AvgIpc) is 3.22. The first-order valence-electron chi connectivity index (χ1n) is 10.5. The van der Waals surface area contributed by atoms with E-state index in [4.69, 9.17) is 27.6 Å². The van der Waals surface area contributed by atoms with Crippen LogP contribution in [0.4, 0.5) is 17.1 Å². The molecule has 0 aliphatic heterocycles. The summed E-state index contributed by atoms with van der Waals surface area (Å²) in [5.41, 5.74) is 5.41. The smallest absolute Gasteiger partial charge is 0.192 e. The quantitative estimate of drug-likeness (QED) is 0.256. The number of para-hydroxylation sites is 3. The van der Waals surface area contributed by atoms with Crippen molar-refractivity contribution in [2.75, 3.05) is 4.90 Å². The summed E-state index contributed by atoms with van der Waals surface area (Å²) < 4.78 is 6.17. The largest absolute Gasteiger partial charge is 0.440 e. The number of hydrogen-bond acceptors (Lipinski definition) is 3. The van der Waals surface area contributed by atoms with Crippen LogP contribution in [0.1, 0.15) is 5.89 Å². The molecule has 5 aromatic rings. The van der Waals surface area contributed by atoms with Gasteiger partial charge in [-0.1, -0.05) is 71.7 Å². The van der Waals surface area contributed by atoms with E-state index in [0.717, 1.165) is 28.2 Å². The van der Waals surface area contributed by atoms with Crippen LogP contribution in [0, 0.1) is 6.92 Å². The molecule has 0 atom stereocenters. The molecule has 0 unspecified atom stereocenters. The summed E-state index contributed by atoms with van der Waals surface area (Å²) in [5, 5.41) is 1.10. The second-order valence-electron chi connectivity index (χ2n) is 7.56. The third-order valence-electron chi connectivity index (χ3n) is 5.34. The normalized spacial score (nSPS) is 10.9. The van der Waals surface area contributed by atoms with Crippen LogP contribution in [0.15, 0.2) is 108 Å². The van der Waals surface area contributed by atoms with Crippen LogP contribution < -0.4 is 4.90 Å². The van der Waals surface area contributed by atoms with Crippen molar-refractivity contribution in [3.63, 3.8) is 0 Å². The van der Waals surface area contributed by atoms with E-state index in [1.54, 1.807) is 6.07 Å². The molecular weight excluding hydrogens is 451 g/mol. The van der Waals surface area contributed by atoms with Gasteiger partial charge in [-0.05, 0) is 54.6 Å². The molecule has 0 fully saturated rings. The number of halogens is 2. The summed E-state index contributed by atoms with van der Waals surface area (Å²) in [6.07, 6.45) is 0. The summed E-state index contributed by atoms with van der Waals surface area (Å²) in [4.78, 5) is 6.89. The summed E-state index contributed by atoms with van der Waals surface area (Å²) in [6.45, 7) is 1.84. The molecule has 1 heterocycles. The number of aromatic nitrogens is 1. The van der Waals surface area contributed by atoms with Crippen LogP contribution in [0.2, 0.25) is 10.0 Å². The number of anilines is 3. The van der Waals surface area contributed by atoms with Gasteiger partial charge in [0.2, 0.25) is 0 Å². The molecule has 33 heavy (non-hydrogen) atoms. The molecule has 0 amide bonds. The van der Waals surface area contributed by atoms with E-state index in [2.05, 4.69) is 40.2 Å². The van der Waals surface area contributed by atoms with Gasteiger partial charge in [-0.25, -0.2) is 4.98 Å². The maximum absolute atomic E-state index is 6.55. The van der Waals surface area contributed by atoms with Gasteiger partial charge in [-0.3, -0.25) is 0 Å². The van der Waals surface area contributed by atoms with Crippen molar-refractivity contribution in [2.45, 2.75) is 6.92 Å². The number of oxazole rings is 1. The van der Waals surface area contributed by atoms with Gasteiger partial charge in [0.1, 0.15) is 5.69 Å².